The molecule has 2 rings (SSSR count). The van der Waals surface area contributed by atoms with Gasteiger partial charge in [-0.05, 0) is 24.6 Å². The molecule has 0 fully saturated rings. The van der Waals surface area contributed by atoms with E-state index in [-0.39, 0.29) is 0 Å². The summed E-state index contributed by atoms with van der Waals surface area (Å²) in [5, 5.41) is 12.7. The fourth-order valence-electron chi connectivity index (χ4n) is 1.26. The van der Waals surface area contributed by atoms with E-state index in [9.17, 15) is 0 Å². The highest BCUT2D eigenvalue weighted by molar-refractivity contribution is 5.38. The summed E-state index contributed by atoms with van der Waals surface area (Å²) in [5.41, 5.74) is 1.51. The van der Waals surface area contributed by atoms with Gasteiger partial charge in [0.05, 0.1) is 5.56 Å². The van der Waals surface area contributed by atoms with Crippen LogP contribution in [0.3, 0.4) is 0 Å². The summed E-state index contributed by atoms with van der Waals surface area (Å²) in [6.07, 6.45) is 5.06. The lowest BCUT2D eigenvalue weighted by atomic mass is 10.2. The smallest absolute Gasteiger partial charge is 0.156 e. The molecule has 0 N–H and O–H groups in total. The van der Waals surface area contributed by atoms with Gasteiger partial charge in [-0.25, -0.2) is 9.67 Å². The van der Waals surface area contributed by atoms with E-state index in [4.69, 9.17) is 5.26 Å². The van der Waals surface area contributed by atoms with Crippen LogP contribution in [0.4, 0.5) is 0 Å². The topological polar surface area (TPSA) is 54.5 Å². The molecule has 0 unspecified atom stereocenters. The number of rotatable bonds is 1. The minimum Gasteiger partial charge on any atom is -0.235 e. The van der Waals surface area contributed by atoms with Crippen molar-refractivity contribution in [3.63, 3.8) is 0 Å². The first-order chi connectivity index (χ1) is 6.81. The standard InChI is InChI=1S/C10H8N4/c1-8-5-9(6-11)7-12-10(8)14-4-2-3-13-14/h2-5,7H,1H3. The zero-order valence-electron chi connectivity index (χ0n) is 7.68. The number of hydrogen-bond acceptors (Lipinski definition) is 3. The lowest BCUT2D eigenvalue weighted by Crippen LogP contribution is -2.00. The van der Waals surface area contributed by atoms with E-state index >= 15 is 0 Å². The fraction of sp³-hybridized carbons (Fsp3) is 0.100. The minimum atomic E-state index is 0.568. The van der Waals surface area contributed by atoms with Crippen LogP contribution in [-0.2, 0) is 0 Å². The summed E-state index contributed by atoms with van der Waals surface area (Å²) in [4.78, 5) is 4.17. The van der Waals surface area contributed by atoms with E-state index in [1.807, 2.05) is 25.3 Å². The maximum absolute atomic E-state index is 8.67. The summed E-state index contributed by atoms with van der Waals surface area (Å²) in [5.74, 6) is 0.758. The fourth-order valence-corrected chi connectivity index (χ4v) is 1.26. The molecule has 0 saturated heterocycles. The van der Waals surface area contributed by atoms with Crippen molar-refractivity contribution in [1.82, 2.24) is 14.8 Å². The summed E-state index contributed by atoms with van der Waals surface area (Å²) in [6.45, 7) is 1.91. The van der Waals surface area contributed by atoms with E-state index in [0.29, 0.717) is 5.56 Å². The predicted octanol–water partition coefficient (Wildman–Crippen LogP) is 1.45. The Bertz CT molecular complexity index is 479. The van der Waals surface area contributed by atoms with Gasteiger partial charge in [0.25, 0.3) is 0 Å². The Morgan fingerprint density at radius 1 is 1.50 bits per heavy atom. The zero-order chi connectivity index (χ0) is 9.97. The summed E-state index contributed by atoms with van der Waals surface area (Å²) >= 11 is 0. The second-order valence-corrected chi connectivity index (χ2v) is 2.93. The van der Waals surface area contributed by atoms with Gasteiger partial charge < -0.3 is 0 Å². The molecule has 0 saturated carbocycles. The monoisotopic (exact) mass is 184 g/mol. The van der Waals surface area contributed by atoms with Crippen LogP contribution in [0, 0.1) is 18.3 Å². The molecule has 0 aromatic carbocycles. The molecule has 0 bridgehead atoms. The molecule has 0 amide bonds. The third kappa shape index (κ3) is 1.36. The van der Waals surface area contributed by atoms with Crippen LogP contribution in [0.1, 0.15) is 11.1 Å². The highest BCUT2D eigenvalue weighted by Crippen LogP contribution is 2.10. The Morgan fingerprint density at radius 2 is 2.36 bits per heavy atom. The molecule has 0 spiro atoms. The van der Waals surface area contributed by atoms with Crippen molar-refractivity contribution in [3.8, 4) is 11.9 Å². The van der Waals surface area contributed by atoms with Crippen molar-refractivity contribution in [3.05, 3.63) is 41.9 Å². The van der Waals surface area contributed by atoms with Crippen molar-refractivity contribution in [2.75, 3.05) is 0 Å². The average Bonchev–Trinajstić information content (AvgIpc) is 2.70. The Labute approximate surface area is 81.4 Å². The summed E-state index contributed by atoms with van der Waals surface area (Å²) in [6, 6.07) is 5.68. The van der Waals surface area contributed by atoms with Gasteiger partial charge in [0.2, 0.25) is 0 Å². The maximum atomic E-state index is 8.67. The van der Waals surface area contributed by atoms with Crippen LogP contribution >= 0.6 is 0 Å². The third-order valence-electron chi connectivity index (χ3n) is 1.90. The number of nitrogens with zero attached hydrogens (tertiary/aromatic N) is 4. The minimum absolute atomic E-state index is 0.568. The molecule has 4 nitrogen and oxygen atoms in total. The molecular formula is C10H8N4. The summed E-state index contributed by atoms with van der Waals surface area (Å²) in [7, 11) is 0. The molecule has 2 aromatic heterocycles. The van der Waals surface area contributed by atoms with Crippen molar-refractivity contribution in [2.45, 2.75) is 6.92 Å². The number of nitriles is 1. The number of aromatic nitrogens is 3. The number of aryl methyl sites for hydroxylation is 1. The third-order valence-corrected chi connectivity index (χ3v) is 1.90. The normalized spacial score (nSPS) is 9.71. The molecule has 2 heterocycles. The predicted molar refractivity (Wildman–Crippen MR) is 50.8 cm³/mol. The first kappa shape index (κ1) is 8.45. The molecule has 0 radical (unpaired) electrons. The van der Waals surface area contributed by atoms with Gasteiger partial charge in [0.1, 0.15) is 6.07 Å². The van der Waals surface area contributed by atoms with Gasteiger partial charge in [-0.2, -0.15) is 10.4 Å². The van der Waals surface area contributed by atoms with E-state index < -0.39 is 0 Å². The molecule has 0 aliphatic heterocycles. The van der Waals surface area contributed by atoms with Gasteiger partial charge in [0.15, 0.2) is 5.82 Å². The van der Waals surface area contributed by atoms with Crippen LogP contribution in [0.25, 0.3) is 5.82 Å². The lowest BCUT2D eigenvalue weighted by molar-refractivity contribution is 0.837. The van der Waals surface area contributed by atoms with Crippen LogP contribution in [0.15, 0.2) is 30.7 Å². The Kier molecular flexibility index (Phi) is 1.99. The summed E-state index contributed by atoms with van der Waals surface area (Å²) < 4.78 is 1.68. The lowest BCUT2D eigenvalue weighted by Gasteiger charge is -2.03. The number of hydrogen-bond donors (Lipinski definition) is 0. The molecule has 14 heavy (non-hydrogen) atoms. The highest BCUT2D eigenvalue weighted by Gasteiger charge is 2.03. The van der Waals surface area contributed by atoms with Crippen molar-refractivity contribution < 1.29 is 0 Å². The first-order valence-electron chi connectivity index (χ1n) is 4.18. The second-order valence-electron chi connectivity index (χ2n) is 2.93. The average molecular weight is 184 g/mol. The van der Waals surface area contributed by atoms with Crippen LogP contribution in [0.5, 0.6) is 0 Å². The molecule has 0 aliphatic carbocycles. The Balaban J connectivity index is 2.52. The van der Waals surface area contributed by atoms with Gasteiger partial charge in [0, 0.05) is 18.6 Å². The highest BCUT2D eigenvalue weighted by atomic mass is 15.3. The van der Waals surface area contributed by atoms with Crippen LogP contribution < -0.4 is 0 Å². The Hall–Kier alpha value is -2.15. The molecule has 2 aromatic rings. The van der Waals surface area contributed by atoms with Crippen molar-refractivity contribution >= 4 is 0 Å². The van der Waals surface area contributed by atoms with Gasteiger partial charge in [-0.15, -0.1) is 0 Å². The molecule has 68 valence electrons. The molecule has 0 aliphatic rings. The molecular weight excluding hydrogens is 176 g/mol. The first-order valence-corrected chi connectivity index (χ1v) is 4.18. The largest absolute Gasteiger partial charge is 0.235 e. The van der Waals surface area contributed by atoms with Crippen molar-refractivity contribution in [2.24, 2.45) is 0 Å². The van der Waals surface area contributed by atoms with E-state index in [2.05, 4.69) is 10.1 Å². The quantitative estimate of drug-likeness (QED) is 0.674. The second kappa shape index (κ2) is 3.30. The van der Waals surface area contributed by atoms with E-state index in [1.165, 1.54) is 0 Å². The van der Waals surface area contributed by atoms with Crippen LogP contribution in [-0.4, -0.2) is 14.8 Å². The van der Waals surface area contributed by atoms with Gasteiger partial charge in [-0.3, -0.25) is 0 Å². The van der Waals surface area contributed by atoms with Gasteiger partial charge in [-0.1, -0.05) is 0 Å². The number of pyridine rings is 1. The Morgan fingerprint density at radius 3 is 2.93 bits per heavy atom. The van der Waals surface area contributed by atoms with Crippen LogP contribution in [0.2, 0.25) is 0 Å². The zero-order valence-corrected chi connectivity index (χ0v) is 7.68. The van der Waals surface area contributed by atoms with Gasteiger partial charge >= 0.3 is 0 Å². The van der Waals surface area contributed by atoms with E-state index in [1.54, 1.807) is 23.1 Å². The molecule has 0 atom stereocenters. The van der Waals surface area contributed by atoms with E-state index in [0.717, 1.165) is 11.4 Å². The maximum Gasteiger partial charge on any atom is 0.156 e. The van der Waals surface area contributed by atoms with Crippen molar-refractivity contribution in [1.29, 1.82) is 5.26 Å². The SMILES string of the molecule is Cc1cc(C#N)cnc1-n1cccn1. The molecule has 4 heteroatoms.